The van der Waals surface area contributed by atoms with Crippen molar-refractivity contribution in [2.45, 2.75) is 20.8 Å². The number of rotatable bonds is 3. The number of nitro benzene ring substituents is 1. The van der Waals surface area contributed by atoms with E-state index in [1.165, 1.54) is 19.1 Å². The van der Waals surface area contributed by atoms with Crippen LogP contribution in [-0.4, -0.2) is 25.7 Å². The van der Waals surface area contributed by atoms with E-state index in [1.807, 2.05) is 13.8 Å². The van der Waals surface area contributed by atoms with E-state index in [0.717, 1.165) is 17.0 Å². The highest BCUT2D eigenvalue weighted by atomic mass is 16.6. The molecule has 0 fully saturated rings. The maximum Gasteiger partial charge on any atom is 0.271 e. The van der Waals surface area contributed by atoms with Crippen LogP contribution in [0, 0.1) is 24.0 Å². The van der Waals surface area contributed by atoms with Crippen LogP contribution < -0.4 is 0 Å². The third-order valence-corrected chi connectivity index (χ3v) is 3.70. The molecule has 0 aliphatic heterocycles. The zero-order valence-corrected chi connectivity index (χ0v) is 12.4. The number of Topliss-reactive ketones (excluding diaryl/α,β-unsaturated/α-hetero) is 1. The van der Waals surface area contributed by atoms with Gasteiger partial charge >= 0.3 is 0 Å². The van der Waals surface area contributed by atoms with Crippen molar-refractivity contribution in [2.75, 3.05) is 0 Å². The molecule has 0 bridgehead atoms. The van der Waals surface area contributed by atoms with E-state index in [9.17, 15) is 14.9 Å². The standard InChI is InChI=1S/C15H14N4O3/c1-7-13(9(3)20)8(2)16-14(7)15-17-11-5-4-10(19(21)22)6-12(11)18-15/h4-6,16H,1-3H3,(H,17,18). The van der Waals surface area contributed by atoms with E-state index in [4.69, 9.17) is 0 Å². The van der Waals surface area contributed by atoms with Gasteiger partial charge in [-0.05, 0) is 32.4 Å². The van der Waals surface area contributed by atoms with Gasteiger partial charge in [0.25, 0.3) is 5.69 Å². The lowest BCUT2D eigenvalue weighted by atomic mass is 10.1. The number of hydrogen-bond acceptors (Lipinski definition) is 4. The van der Waals surface area contributed by atoms with Gasteiger partial charge in [-0.15, -0.1) is 0 Å². The molecule has 2 aromatic heterocycles. The molecule has 2 N–H and O–H groups in total. The number of aromatic amines is 2. The number of nitrogens with one attached hydrogen (secondary N) is 2. The van der Waals surface area contributed by atoms with Crippen LogP contribution in [0.5, 0.6) is 0 Å². The number of nitrogens with zero attached hydrogens (tertiary/aromatic N) is 2. The van der Waals surface area contributed by atoms with E-state index in [0.29, 0.717) is 22.4 Å². The number of H-pyrrole nitrogens is 2. The molecule has 0 saturated carbocycles. The molecule has 0 saturated heterocycles. The molecule has 112 valence electrons. The summed E-state index contributed by atoms with van der Waals surface area (Å²) in [6.07, 6.45) is 0. The molecule has 2 heterocycles. The topological polar surface area (TPSA) is 105 Å². The van der Waals surface area contributed by atoms with E-state index in [2.05, 4.69) is 15.0 Å². The first-order chi connectivity index (χ1) is 10.4. The normalized spacial score (nSPS) is 11.0. The zero-order valence-electron chi connectivity index (χ0n) is 12.4. The number of aromatic nitrogens is 3. The Kier molecular flexibility index (Phi) is 3.05. The number of aryl methyl sites for hydroxylation is 1. The van der Waals surface area contributed by atoms with Crippen LogP contribution in [0.3, 0.4) is 0 Å². The van der Waals surface area contributed by atoms with Crippen molar-refractivity contribution in [3.63, 3.8) is 0 Å². The van der Waals surface area contributed by atoms with Crippen LogP contribution in [0.15, 0.2) is 18.2 Å². The number of carbonyl (C=O) groups is 1. The Balaban J connectivity index is 2.17. The fraction of sp³-hybridized carbons (Fsp3) is 0.200. The van der Waals surface area contributed by atoms with Crippen molar-refractivity contribution in [3.8, 4) is 11.5 Å². The first-order valence-corrected chi connectivity index (χ1v) is 6.73. The summed E-state index contributed by atoms with van der Waals surface area (Å²) in [5.41, 5.74) is 4.20. The van der Waals surface area contributed by atoms with Crippen molar-refractivity contribution in [1.29, 1.82) is 0 Å². The van der Waals surface area contributed by atoms with Gasteiger partial charge in [-0.25, -0.2) is 4.98 Å². The van der Waals surface area contributed by atoms with Crippen LogP contribution in [0.4, 0.5) is 5.69 Å². The number of non-ortho nitro benzene ring substituents is 1. The number of hydrogen-bond donors (Lipinski definition) is 2. The Labute approximate surface area is 125 Å². The summed E-state index contributed by atoms with van der Waals surface area (Å²) >= 11 is 0. The van der Waals surface area contributed by atoms with Crippen LogP contribution >= 0.6 is 0 Å². The number of nitro groups is 1. The Morgan fingerprint density at radius 1 is 1.27 bits per heavy atom. The van der Waals surface area contributed by atoms with Crippen molar-refractivity contribution < 1.29 is 9.72 Å². The second-order valence-electron chi connectivity index (χ2n) is 5.23. The minimum atomic E-state index is -0.447. The smallest absolute Gasteiger partial charge is 0.271 e. The summed E-state index contributed by atoms with van der Waals surface area (Å²) in [4.78, 5) is 32.7. The lowest BCUT2D eigenvalue weighted by molar-refractivity contribution is -0.384. The Morgan fingerprint density at radius 2 is 2.00 bits per heavy atom. The monoisotopic (exact) mass is 298 g/mol. The highest BCUT2D eigenvalue weighted by molar-refractivity contribution is 5.98. The lowest BCUT2D eigenvalue weighted by Crippen LogP contribution is -1.94. The molecule has 0 atom stereocenters. The molecule has 3 rings (SSSR count). The van der Waals surface area contributed by atoms with Crippen molar-refractivity contribution in [3.05, 3.63) is 45.1 Å². The molecular weight excluding hydrogens is 284 g/mol. The van der Waals surface area contributed by atoms with Gasteiger partial charge in [0.1, 0.15) is 0 Å². The third-order valence-electron chi connectivity index (χ3n) is 3.70. The molecule has 0 aliphatic carbocycles. The maximum absolute atomic E-state index is 11.7. The fourth-order valence-electron chi connectivity index (χ4n) is 2.74. The molecule has 7 heteroatoms. The Bertz CT molecular complexity index is 920. The number of ketones is 1. The lowest BCUT2D eigenvalue weighted by Gasteiger charge is -1.96. The molecular formula is C15H14N4O3. The third kappa shape index (κ3) is 2.07. The van der Waals surface area contributed by atoms with Crippen molar-refractivity contribution >= 4 is 22.5 Å². The second kappa shape index (κ2) is 4.80. The van der Waals surface area contributed by atoms with Crippen LogP contribution in [0.1, 0.15) is 28.5 Å². The van der Waals surface area contributed by atoms with Gasteiger partial charge in [-0.1, -0.05) is 0 Å². The first kappa shape index (κ1) is 14.0. The molecule has 3 aromatic rings. The van der Waals surface area contributed by atoms with E-state index in [-0.39, 0.29) is 11.5 Å². The van der Waals surface area contributed by atoms with Crippen molar-refractivity contribution in [1.82, 2.24) is 15.0 Å². The van der Waals surface area contributed by atoms with Crippen LogP contribution in [0.2, 0.25) is 0 Å². The molecule has 0 amide bonds. The quantitative estimate of drug-likeness (QED) is 0.439. The van der Waals surface area contributed by atoms with Gasteiger partial charge < -0.3 is 9.97 Å². The Hall–Kier alpha value is -2.96. The van der Waals surface area contributed by atoms with Crippen LogP contribution in [-0.2, 0) is 0 Å². The predicted octanol–water partition coefficient (Wildman–Crippen LogP) is 3.29. The van der Waals surface area contributed by atoms with Gasteiger partial charge in [0, 0.05) is 23.4 Å². The van der Waals surface area contributed by atoms with E-state index in [1.54, 1.807) is 6.07 Å². The number of fused-ring (bicyclic) bond motifs is 1. The molecule has 0 radical (unpaired) electrons. The molecule has 7 nitrogen and oxygen atoms in total. The predicted molar refractivity (Wildman–Crippen MR) is 82.0 cm³/mol. The summed E-state index contributed by atoms with van der Waals surface area (Å²) < 4.78 is 0. The summed E-state index contributed by atoms with van der Waals surface area (Å²) in [5, 5.41) is 10.8. The molecule has 1 aromatic carbocycles. The van der Waals surface area contributed by atoms with Gasteiger partial charge in [-0.2, -0.15) is 0 Å². The Morgan fingerprint density at radius 3 is 2.59 bits per heavy atom. The van der Waals surface area contributed by atoms with Gasteiger partial charge in [-0.3, -0.25) is 14.9 Å². The molecule has 0 aliphatic rings. The minimum Gasteiger partial charge on any atom is -0.355 e. The van der Waals surface area contributed by atoms with E-state index >= 15 is 0 Å². The summed E-state index contributed by atoms with van der Waals surface area (Å²) in [7, 11) is 0. The van der Waals surface area contributed by atoms with Gasteiger partial charge in [0.05, 0.1) is 21.7 Å². The fourth-order valence-corrected chi connectivity index (χ4v) is 2.74. The number of imidazole rings is 1. The number of benzene rings is 1. The summed E-state index contributed by atoms with van der Waals surface area (Å²) in [6.45, 7) is 5.21. The highest BCUT2D eigenvalue weighted by Crippen LogP contribution is 2.28. The van der Waals surface area contributed by atoms with E-state index < -0.39 is 4.92 Å². The SMILES string of the molecule is CC(=O)c1c(C)[nH]c(-c2nc3ccc([N+](=O)[O-])cc3[nH]2)c1C. The molecule has 0 spiro atoms. The van der Waals surface area contributed by atoms with Crippen molar-refractivity contribution in [2.24, 2.45) is 0 Å². The van der Waals surface area contributed by atoms with Gasteiger partial charge in [0.2, 0.25) is 0 Å². The highest BCUT2D eigenvalue weighted by Gasteiger charge is 2.19. The zero-order chi connectivity index (χ0) is 16.0. The average Bonchev–Trinajstić information content (AvgIpc) is 2.98. The summed E-state index contributed by atoms with van der Waals surface area (Å²) in [5.74, 6) is 0.549. The summed E-state index contributed by atoms with van der Waals surface area (Å²) in [6, 6.07) is 4.47. The second-order valence-corrected chi connectivity index (χ2v) is 5.23. The molecule has 0 unspecified atom stereocenters. The largest absolute Gasteiger partial charge is 0.355 e. The molecule has 22 heavy (non-hydrogen) atoms. The number of carbonyl (C=O) groups excluding carboxylic acids is 1. The van der Waals surface area contributed by atoms with Crippen LogP contribution in [0.25, 0.3) is 22.6 Å². The first-order valence-electron chi connectivity index (χ1n) is 6.73. The minimum absolute atomic E-state index is 0.00603. The van der Waals surface area contributed by atoms with Gasteiger partial charge in [0.15, 0.2) is 11.6 Å². The average molecular weight is 298 g/mol. The maximum atomic E-state index is 11.7.